The third kappa shape index (κ3) is 2.29. The minimum atomic E-state index is 0.106. The number of fused-ring (bicyclic) bond motifs is 1. The van der Waals surface area contributed by atoms with Gasteiger partial charge in [0.15, 0.2) is 0 Å². The number of nitrogens with one attached hydrogen (secondary N) is 2. The van der Waals surface area contributed by atoms with E-state index in [1.54, 1.807) is 0 Å². The Morgan fingerprint density at radius 2 is 2.22 bits per heavy atom. The molecule has 3 unspecified atom stereocenters. The third-order valence-corrected chi connectivity index (χ3v) is 5.40. The maximum absolute atomic E-state index is 12.3. The van der Waals surface area contributed by atoms with Crippen LogP contribution < -0.4 is 10.6 Å². The van der Waals surface area contributed by atoms with Gasteiger partial charge >= 0.3 is 0 Å². The van der Waals surface area contributed by atoms with Crippen molar-refractivity contribution in [1.29, 1.82) is 0 Å². The zero-order chi connectivity index (χ0) is 12.6. The second-order valence-electron chi connectivity index (χ2n) is 6.71. The van der Waals surface area contributed by atoms with Gasteiger partial charge in [-0.15, -0.1) is 0 Å². The van der Waals surface area contributed by atoms with E-state index in [0.717, 1.165) is 19.0 Å². The van der Waals surface area contributed by atoms with Crippen LogP contribution >= 0.6 is 0 Å². The minimum Gasteiger partial charge on any atom is -0.354 e. The predicted molar refractivity (Wildman–Crippen MR) is 72.2 cm³/mol. The van der Waals surface area contributed by atoms with Crippen LogP contribution in [0.4, 0.5) is 0 Å². The topological polar surface area (TPSA) is 41.1 Å². The van der Waals surface area contributed by atoms with Gasteiger partial charge in [-0.25, -0.2) is 0 Å². The van der Waals surface area contributed by atoms with Gasteiger partial charge in [0.2, 0.25) is 5.91 Å². The summed E-state index contributed by atoms with van der Waals surface area (Å²) >= 11 is 0. The number of hydrogen-bond donors (Lipinski definition) is 2. The van der Waals surface area contributed by atoms with Gasteiger partial charge in [-0.2, -0.15) is 0 Å². The number of carbonyl (C=O) groups is 1. The average molecular weight is 250 g/mol. The van der Waals surface area contributed by atoms with Crippen LogP contribution in [0.2, 0.25) is 0 Å². The molecule has 18 heavy (non-hydrogen) atoms. The Morgan fingerprint density at radius 3 is 2.94 bits per heavy atom. The minimum absolute atomic E-state index is 0.106. The molecule has 3 nitrogen and oxygen atoms in total. The lowest BCUT2D eigenvalue weighted by molar-refractivity contribution is -0.124. The molecule has 0 radical (unpaired) electrons. The van der Waals surface area contributed by atoms with Crippen LogP contribution in [0.15, 0.2) is 0 Å². The fourth-order valence-corrected chi connectivity index (χ4v) is 4.08. The molecule has 1 saturated heterocycles. The zero-order valence-corrected chi connectivity index (χ0v) is 11.5. The Labute approximate surface area is 110 Å². The van der Waals surface area contributed by atoms with E-state index >= 15 is 0 Å². The number of hydrogen-bond acceptors (Lipinski definition) is 2. The van der Waals surface area contributed by atoms with Crippen molar-refractivity contribution in [3.63, 3.8) is 0 Å². The molecule has 3 atom stereocenters. The smallest absolute Gasteiger partial charge is 0.237 e. The lowest BCUT2D eigenvalue weighted by Crippen LogP contribution is -2.45. The first-order valence-corrected chi connectivity index (χ1v) is 7.75. The summed E-state index contributed by atoms with van der Waals surface area (Å²) in [5.74, 6) is 1.66. The van der Waals surface area contributed by atoms with Gasteiger partial charge in [-0.3, -0.25) is 4.79 Å². The first kappa shape index (κ1) is 12.5. The Balaban J connectivity index is 1.50. The zero-order valence-electron chi connectivity index (χ0n) is 11.5. The molecule has 3 fully saturated rings. The summed E-state index contributed by atoms with van der Waals surface area (Å²) in [7, 11) is 0. The molecule has 2 saturated carbocycles. The standard InChI is InChI=1S/C15H26N2O/c1-2-6-15(7-8-15)10-17-14(18)13-12-5-3-4-11(12)9-16-13/h11-13,16H,2-10H2,1H3,(H,17,18). The van der Waals surface area contributed by atoms with Crippen molar-refractivity contribution in [2.75, 3.05) is 13.1 Å². The third-order valence-electron chi connectivity index (χ3n) is 5.40. The molecule has 3 heteroatoms. The maximum Gasteiger partial charge on any atom is 0.237 e. The normalized spacial score (nSPS) is 36.4. The van der Waals surface area contributed by atoms with E-state index in [1.807, 2.05) is 0 Å². The largest absolute Gasteiger partial charge is 0.354 e. The van der Waals surface area contributed by atoms with Gasteiger partial charge < -0.3 is 10.6 Å². The summed E-state index contributed by atoms with van der Waals surface area (Å²) in [4.78, 5) is 12.3. The summed E-state index contributed by atoms with van der Waals surface area (Å²) in [5.41, 5.74) is 0.470. The molecule has 1 amide bonds. The highest BCUT2D eigenvalue weighted by Gasteiger charge is 2.45. The van der Waals surface area contributed by atoms with Crippen molar-refractivity contribution in [1.82, 2.24) is 10.6 Å². The van der Waals surface area contributed by atoms with Gasteiger partial charge in [-0.1, -0.05) is 19.8 Å². The molecular weight excluding hydrogens is 224 g/mol. The highest BCUT2D eigenvalue weighted by Crippen LogP contribution is 2.49. The van der Waals surface area contributed by atoms with Crippen LogP contribution in [0.3, 0.4) is 0 Å². The molecule has 1 heterocycles. The molecule has 3 aliphatic rings. The average Bonchev–Trinajstić information content (AvgIpc) is 2.80. The molecule has 0 bridgehead atoms. The molecule has 0 aromatic rings. The summed E-state index contributed by atoms with van der Waals surface area (Å²) in [6, 6.07) is 0.106. The highest BCUT2D eigenvalue weighted by molar-refractivity contribution is 5.82. The summed E-state index contributed by atoms with van der Waals surface area (Å²) in [6.07, 6.45) is 9.02. The van der Waals surface area contributed by atoms with Crippen molar-refractivity contribution >= 4 is 5.91 Å². The Bertz CT molecular complexity index is 324. The highest BCUT2D eigenvalue weighted by atomic mass is 16.2. The SMILES string of the molecule is CCCC1(CNC(=O)C2NCC3CCCC32)CC1. The Kier molecular flexibility index (Phi) is 3.35. The number of carbonyl (C=O) groups excluding carboxylic acids is 1. The van der Waals surface area contributed by atoms with Gasteiger partial charge in [0, 0.05) is 6.54 Å². The Hall–Kier alpha value is -0.570. The Morgan fingerprint density at radius 1 is 1.39 bits per heavy atom. The summed E-state index contributed by atoms with van der Waals surface area (Å²) in [6.45, 7) is 4.21. The fraction of sp³-hybridized carbons (Fsp3) is 0.933. The lowest BCUT2D eigenvalue weighted by atomic mass is 9.93. The van der Waals surface area contributed by atoms with Crippen LogP contribution in [0.5, 0.6) is 0 Å². The van der Waals surface area contributed by atoms with Gasteiger partial charge in [0.25, 0.3) is 0 Å². The van der Waals surface area contributed by atoms with Crippen LogP contribution in [0.25, 0.3) is 0 Å². The molecule has 0 aromatic carbocycles. The number of rotatable bonds is 5. The monoisotopic (exact) mass is 250 g/mol. The number of amides is 1. The quantitative estimate of drug-likeness (QED) is 0.784. The van der Waals surface area contributed by atoms with Crippen molar-refractivity contribution in [3.05, 3.63) is 0 Å². The van der Waals surface area contributed by atoms with Gasteiger partial charge in [0.1, 0.15) is 0 Å². The van der Waals surface area contributed by atoms with Crippen LogP contribution in [0, 0.1) is 17.3 Å². The molecular formula is C15H26N2O. The molecule has 2 aliphatic carbocycles. The first-order valence-electron chi connectivity index (χ1n) is 7.75. The molecule has 2 N–H and O–H groups in total. The predicted octanol–water partition coefficient (Wildman–Crippen LogP) is 2.07. The fourth-order valence-electron chi connectivity index (χ4n) is 4.08. The second-order valence-corrected chi connectivity index (χ2v) is 6.71. The molecule has 0 aromatic heterocycles. The van der Waals surface area contributed by atoms with E-state index in [2.05, 4.69) is 17.6 Å². The van der Waals surface area contributed by atoms with E-state index < -0.39 is 0 Å². The van der Waals surface area contributed by atoms with Crippen LogP contribution in [0.1, 0.15) is 51.9 Å². The molecule has 0 spiro atoms. The summed E-state index contributed by atoms with van der Waals surface area (Å²) < 4.78 is 0. The van der Waals surface area contributed by atoms with E-state index in [-0.39, 0.29) is 11.9 Å². The van der Waals surface area contributed by atoms with Gasteiger partial charge in [0.05, 0.1) is 6.04 Å². The maximum atomic E-state index is 12.3. The lowest BCUT2D eigenvalue weighted by Gasteiger charge is -2.20. The van der Waals surface area contributed by atoms with E-state index in [9.17, 15) is 4.79 Å². The van der Waals surface area contributed by atoms with E-state index in [0.29, 0.717) is 11.3 Å². The molecule has 1 aliphatic heterocycles. The van der Waals surface area contributed by atoms with Crippen molar-refractivity contribution < 1.29 is 4.79 Å². The van der Waals surface area contributed by atoms with Crippen LogP contribution in [-0.2, 0) is 4.79 Å². The van der Waals surface area contributed by atoms with E-state index in [1.165, 1.54) is 44.9 Å². The second kappa shape index (κ2) is 4.84. The first-order chi connectivity index (χ1) is 8.74. The molecule has 3 rings (SSSR count). The van der Waals surface area contributed by atoms with Crippen molar-refractivity contribution in [3.8, 4) is 0 Å². The van der Waals surface area contributed by atoms with Crippen LogP contribution in [-0.4, -0.2) is 25.0 Å². The summed E-state index contributed by atoms with van der Waals surface area (Å²) in [5, 5.41) is 6.66. The van der Waals surface area contributed by atoms with E-state index in [4.69, 9.17) is 0 Å². The van der Waals surface area contributed by atoms with Crippen molar-refractivity contribution in [2.24, 2.45) is 17.3 Å². The molecule has 102 valence electrons. The van der Waals surface area contributed by atoms with Crippen molar-refractivity contribution in [2.45, 2.75) is 57.9 Å². The van der Waals surface area contributed by atoms with Gasteiger partial charge in [-0.05, 0) is 55.9 Å².